The Morgan fingerprint density at radius 3 is 2.69 bits per heavy atom. The van der Waals surface area contributed by atoms with Crippen molar-refractivity contribution in [2.45, 2.75) is 26.8 Å². The number of pyridine rings is 1. The minimum atomic E-state index is 0.414. The third-order valence-corrected chi connectivity index (χ3v) is 4.01. The third kappa shape index (κ3) is 4.14. The number of hydrogen-bond acceptors (Lipinski definition) is 3. The Morgan fingerprint density at radius 2 is 2.12 bits per heavy atom. The summed E-state index contributed by atoms with van der Waals surface area (Å²) in [5.74, 6) is 3.09. The van der Waals surface area contributed by atoms with Crippen molar-refractivity contribution in [2.24, 2.45) is 5.92 Å². The van der Waals surface area contributed by atoms with Crippen LogP contribution in [0.4, 0.5) is 0 Å². The van der Waals surface area contributed by atoms with E-state index in [1.54, 1.807) is 0 Å². The van der Waals surface area contributed by atoms with Crippen molar-refractivity contribution >= 4 is 11.8 Å². The first kappa shape index (κ1) is 13.5. The molecule has 3 heteroatoms. The van der Waals surface area contributed by atoms with Gasteiger partial charge in [0.2, 0.25) is 0 Å². The van der Waals surface area contributed by atoms with Crippen LogP contribution >= 0.6 is 11.8 Å². The van der Waals surface area contributed by atoms with Gasteiger partial charge < -0.3 is 5.32 Å². The highest BCUT2D eigenvalue weighted by atomic mass is 32.2. The van der Waals surface area contributed by atoms with Crippen LogP contribution in [0.15, 0.2) is 18.5 Å². The second-order valence-electron chi connectivity index (χ2n) is 4.50. The molecule has 0 fully saturated rings. The Labute approximate surface area is 103 Å². The molecule has 0 amide bonds. The lowest BCUT2D eigenvalue weighted by Crippen LogP contribution is -2.20. The van der Waals surface area contributed by atoms with Gasteiger partial charge in [0, 0.05) is 24.2 Å². The molecule has 0 bridgehead atoms. The van der Waals surface area contributed by atoms with Crippen LogP contribution in [0.25, 0.3) is 0 Å². The summed E-state index contributed by atoms with van der Waals surface area (Å²) in [5.41, 5.74) is 2.64. The van der Waals surface area contributed by atoms with E-state index in [4.69, 9.17) is 0 Å². The van der Waals surface area contributed by atoms with E-state index in [1.165, 1.54) is 16.9 Å². The number of nitrogens with one attached hydrogen (secondary N) is 1. The van der Waals surface area contributed by atoms with Crippen LogP contribution in [0, 0.1) is 12.8 Å². The highest BCUT2D eigenvalue weighted by molar-refractivity contribution is 7.99. The predicted octanol–water partition coefficient (Wildman–Crippen LogP) is 3.04. The quantitative estimate of drug-likeness (QED) is 0.824. The third-order valence-electron chi connectivity index (χ3n) is 2.54. The van der Waals surface area contributed by atoms with Crippen LogP contribution in [-0.2, 0) is 0 Å². The predicted molar refractivity (Wildman–Crippen MR) is 72.9 cm³/mol. The maximum absolute atomic E-state index is 4.21. The first-order valence-corrected chi connectivity index (χ1v) is 6.96. The summed E-state index contributed by atoms with van der Waals surface area (Å²) in [5, 5.41) is 3.37. The maximum atomic E-state index is 4.21. The SMILES string of the molecule is CNC(CSCC(C)C)c1cnccc1C. The molecule has 0 aliphatic heterocycles. The van der Waals surface area contributed by atoms with Crippen molar-refractivity contribution in [1.29, 1.82) is 0 Å². The number of nitrogens with zero attached hydrogens (tertiary/aromatic N) is 1. The van der Waals surface area contributed by atoms with Gasteiger partial charge in [0.15, 0.2) is 0 Å². The van der Waals surface area contributed by atoms with Crippen molar-refractivity contribution in [3.05, 3.63) is 29.6 Å². The summed E-state index contributed by atoms with van der Waals surface area (Å²) in [6.45, 7) is 6.67. The Hall–Kier alpha value is -0.540. The molecule has 1 aromatic heterocycles. The molecule has 90 valence electrons. The van der Waals surface area contributed by atoms with Crippen LogP contribution < -0.4 is 5.32 Å². The molecule has 0 saturated heterocycles. The number of rotatable bonds is 6. The summed E-state index contributed by atoms with van der Waals surface area (Å²) in [6, 6.07) is 2.49. The lowest BCUT2D eigenvalue weighted by Gasteiger charge is -2.18. The summed E-state index contributed by atoms with van der Waals surface area (Å²) in [7, 11) is 2.02. The number of thioether (sulfide) groups is 1. The maximum Gasteiger partial charge on any atom is 0.0427 e. The van der Waals surface area contributed by atoms with E-state index >= 15 is 0 Å². The Morgan fingerprint density at radius 1 is 1.38 bits per heavy atom. The Balaban J connectivity index is 2.57. The molecular weight excluding hydrogens is 216 g/mol. The molecule has 1 atom stereocenters. The van der Waals surface area contributed by atoms with Crippen LogP contribution in [-0.4, -0.2) is 23.5 Å². The monoisotopic (exact) mass is 238 g/mol. The van der Waals surface area contributed by atoms with Gasteiger partial charge in [-0.15, -0.1) is 0 Å². The van der Waals surface area contributed by atoms with Crippen molar-refractivity contribution in [1.82, 2.24) is 10.3 Å². The van der Waals surface area contributed by atoms with E-state index in [2.05, 4.69) is 37.1 Å². The minimum Gasteiger partial charge on any atom is -0.312 e. The topological polar surface area (TPSA) is 24.9 Å². The molecule has 0 aromatic carbocycles. The molecule has 0 saturated carbocycles. The Bertz CT molecular complexity index is 313. The van der Waals surface area contributed by atoms with Gasteiger partial charge >= 0.3 is 0 Å². The van der Waals surface area contributed by atoms with Gasteiger partial charge in [-0.2, -0.15) is 11.8 Å². The fourth-order valence-electron chi connectivity index (χ4n) is 1.59. The van der Waals surface area contributed by atoms with E-state index < -0.39 is 0 Å². The van der Waals surface area contributed by atoms with E-state index in [-0.39, 0.29) is 0 Å². The molecule has 1 N–H and O–H groups in total. The standard InChI is InChI=1S/C13H22N2S/c1-10(2)8-16-9-13(14-4)12-7-15-6-5-11(12)3/h5-7,10,13-14H,8-9H2,1-4H3. The van der Waals surface area contributed by atoms with Crippen LogP contribution in [0.1, 0.15) is 31.0 Å². The first-order chi connectivity index (χ1) is 7.65. The van der Waals surface area contributed by atoms with Crippen LogP contribution in [0.3, 0.4) is 0 Å². The molecule has 1 aromatic rings. The molecule has 1 rings (SSSR count). The summed E-state index contributed by atoms with van der Waals surface area (Å²) >= 11 is 2.01. The zero-order valence-electron chi connectivity index (χ0n) is 10.7. The van der Waals surface area contributed by atoms with Crippen molar-refractivity contribution in [2.75, 3.05) is 18.6 Å². The van der Waals surface area contributed by atoms with E-state index in [0.29, 0.717) is 6.04 Å². The number of aromatic nitrogens is 1. The van der Waals surface area contributed by atoms with Gasteiger partial charge in [0.1, 0.15) is 0 Å². The molecule has 16 heavy (non-hydrogen) atoms. The van der Waals surface area contributed by atoms with Crippen molar-refractivity contribution in [3.8, 4) is 0 Å². The van der Waals surface area contributed by atoms with Crippen LogP contribution in [0.5, 0.6) is 0 Å². The molecular formula is C13H22N2S. The van der Waals surface area contributed by atoms with Crippen LogP contribution in [0.2, 0.25) is 0 Å². The molecule has 0 aliphatic rings. The van der Waals surface area contributed by atoms with E-state index in [9.17, 15) is 0 Å². The van der Waals surface area contributed by atoms with Gasteiger partial charge in [0.05, 0.1) is 0 Å². The highest BCUT2D eigenvalue weighted by Gasteiger charge is 2.11. The lowest BCUT2D eigenvalue weighted by atomic mass is 10.1. The van der Waals surface area contributed by atoms with Gasteiger partial charge in [-0.05, 0) is 42.8 Å². The molecule has 1 unspecified atom stereocenters. The highest BCUT2D eigenvalue weighted by Crippen LogP contribution is 2.21. The fraction of sp³-hybridized carbons (Fsp3) is 0.615. The summed E-state index contributed by atoms with van der Waals surface area (Å²) in [4.78, 5) is 4.21. The summed E-state index contributed by atoms with van der Waals surface area (Å²) in [6.07, 6.45) is 3.83. The van der Waals surface area contributed by atoms with Gasteiger partial charge in [-0.25, -0.2) is 0 Å². The van der Waals surface area contributed by atoms with Crippen molar-refractivity contribution < 1.29 is 0 Å². The lowest BCUT2D eigenvalue weighted by molar-refractivity contribution is 0.652. The summed E-state index contributed by atoms with van der Waals surface area (Å²) < 4.78 is 0. The zero-order valence-corrected chi connectivity index (χ0v) is 11.5. The molecule has 0 spiro atoms. The largest absolute Gasteiger partial charge is 0.312 e. The van der Waals surface area contributed by atoms with Gasteiger partial charge in [-0.3, -0.25) is 4.98 Å². The molecule has 0 aliphatic carbocycles. The average molecular weight is 238 g/mol. The molecule has 2 nitrogen and oxygen atoms in total. The second-order valence-corrected chi connectivity index (χ2v) is 5.58. The number of aryl methyl sites for hydroxylation is 1. The molecule has 1 heterocycles. The van der Waals surface area contributed by atoms with E-state index in [1.807, 2.05) is 31.2 Å². The Kier molecular flexibility index (Phi) is 5.85. The zero-order chi connectivity index (χ0) is 12.0. The fourth-order valence-corrected chi connectivity index (χ4v) is 2.78. The number of hydrogen-bond donors (Lipinski definition) is 1. The minimum absolute atomic E-state index is 0.414. The smallest absolute Gasteiger partial charge is 0.0427 e. The normalized spacial score (nSPS) is 13.1. The van der Waals surface area contributed by atoms with Gasteiger partial charge in [0.25, 0.3) is 0 Å². The first-order valence-electron chi connectivity index (χ1n) is 5.80. The van der Waals surface area contributed by atoms with Gasteiger partial charge in [-0.1, -0.05) is 13.8 Å². The van der Waals surface area contributed by atoms with E-state index in [0.717, 1.165) is 11.7 Å². The van der Waals surface area contributed by atoms with Crippen molar-refractivity contribution in [3.63, 3.8) is 0 Å². The second kappa shape index (κ2) is 6.92. The molecule has 0 radical (unpaired) electrons. The average Bonchev–Trinajstić information content (AvgIpc) is 2.25.